The molecular formula is C11H11F6NO. The van der Waals surface area contributed by atoms with Crippen LogP contribution in [0.3, 0.4) is 0 Å². The molecule has 0 aliphatic carbocycles. The normalized spacial score (nSPS) is 12.6. The van der Waals surface area contributed by atoms with Crippen molar-refractivity contribution in [2.45, 2.75) is 18.8 Å². The fourth-order valence-electron chi connectivity index (χ4n) is 1.28. The van der Waals surface area contributed by atoms with E-state index in [1.807, 2.05) is 0 Å². The van der Waals surface area contributed by atoms with Crippen molar-refractivity contribution in [2.75, 3.05) is 13.2 Å². The number of halogens is 6. The highest BCUT2D eigenvalue weighted by atomic mass is 19.4. The monoisotopic (exact) mass is 287 g/mol. The number of ether oxygens (including phenoxy) is 1. The zero-order valence-electron chi connectivity index (χ0n) is 9.61. The van der Waals surface area contributed by atoms with Crippen LogP contribution < -0.4 is 10.5 Å². The van der Waals surface area contributed by atoms with Crippen molar-refractivity contribution in [2.24, 2.45) is 5.73 Å². The smallest absolute Gasteiger partial charge is 0.416 e. The average Bonchev–Trinajstić information content (AvgIpc) is 2.27. The van der Waals surface area contributed by atoms with Crippen LogP contribution in [0.15, 0.2) is 18.2 Å². The summed E-state index contributed by atoms with van der Waals surface area (Å²) < 4.78 is 79.7. The van der Waals surface area contributed by atoms with E-state index in [1.54, 1.807) is 0 Å². The molecule has 0 spiro atoms. The number of hydrogen-bond acceptors (Lipinski definition) is 2. The van der Waals surface area contributed by atoms with Crippen molar-refractivity contribution in [3.8, 4) is 5.75 Å². The van der Waals surface area contributed by atoms with Crippen LogP contribution in [0.1, 0.15) is 17.5 Å². The van der Waals surface area contributed by atoms with E-state index in [0.717, 1.165) is 0 Å². The largest absolute Gasteiger partial charge is 0.494 e. The zero-order chi connectivity index (χ0) is 14.7. The highest BCUT2D eigenvalue weighted by molar-refractivity contribution is 5.37. The van der Waals surface area contributed by atoms with E-state index < -0.39 is 29.2 Å². The molecule has 0 aliphatic rings. The highest BCUT2D eigenvalue weighted by Gasteiger charge is 2.37. The van der Waals surface area contributed by atoms with Gasteiger partial charge >= 0.3 is 12.4 Å². The Kier molecular flexibility index (Phi) is 4.67. The molecule has 0 aromatic heterocycles. The average molecular weight is 287 g/mol. The first-order chi connectivity index (χ1) is 8.64. The lowest BCUT2D eigenvalue weighted by Gasteiger charge is -2.14. The second kappa shape index (κ2) is 5.68. The Labute approximate surface area is 105 Å². The number of rotatable bonds is 4. The minimum Gasteiger partial charge on any atom is -0.494 e. The van der Waals surface area contributed by atoms with Crippen LogP contribution >= 0.6 is 0 Å². The molecule has 0 aliphatic heterocycles. The van der Waals surface area contributed by atoms with Crippen LogP contribution in [0.25, 0.3) is 0 Å². The Morgan fingerprint density at radius 1 is 0.895 bits per heavy atom. The summed E-state index contributed by atoms with van der Waals surface area (Å²) in [5.74, 6) is -0.476. The lowest BCUT2D eigenvalue weighted by molar-refractivity contribution is -0.143. The van der Waals surface area contributed by atoms with E-state index in [9.17, 15) is 26.3 Å². The Morgan fingerprint density at radius 3 is 1.74 bits per heavy atom. The van der Waals surface area contributed by atoms with Gasteiger partial charge in [-0.2, -0.15) is 26.3 Å². The van der Waals surface area contributed by atoms with Gasteiger partial charge in [-0.1, -0.05) is 0 Å². The van der Waals surface area contributed by atoms with Gasteiger partial charge in [0.1, 0.15) is 5.75 Å². The number of hydrogen-bond donors (Lipinski definition) is 1. The van der Waals surface area contributed by atoms with Crippen LogP contribution in [-0.4, -0.2) is 13.2 Å². The molecule has 0 radical (unpaired) electrons. The predicted molar refractivity (Wildman–Crippen MR) is 55.6 cm³/mol. The van der Waals surface area contributed by atoms with Gasteiger partial charge in [0.25, 0.3) is 0 Å². The lowest BCUT2D eigenvalue weighted by atomic mass is 10.1. The molecule has 0 saturated heterocycles. The maximum atomic E-state index is 12.5. The van der Waals surface area contributed by atoms with E-state index in [-0.39, 0.29) is 19.2 Å². The molecule has 0 bridgehead atoms. The summed E-state index contributed by atoms with van der Waals surface area (Å²) in [5.41, 5.74) is 2.35. The summed E-state index contributed by atoms with van der Waals surface area (Å²) in [6.45, 7) is 0.181. The second-order valence-electron chi connectivity index (χ2n) is 3.73. The SMILES string of the molecule is NCCCOc1cc(C(F)(F)F)cc(C(F)(F)F)c1. The van der Waals surface area contributed by atoms with Crippen LogP contribution in [0.2, 0.25) is 0 Å². The molecule has 0 unspecified atom stereocenters. The summed E-state index contributed by atoms with van der Waals surface area (Å²) in [6.07, 6.45) is -9.40. The molecular weight excluding hydrogens is 276 g/mol. The van der Waals surface area contributed by atoms with Crippen LogP contribution in [0.5, 0.6) is 5.75 Å². The van der Waals surface area contributed by atoms with Crippen molar-refractivity contribution >= 4 is 0 Å². The molecule has 0 heterocycles. The quantitative estimate of drug-likeness (QED) is 0.680. The molecule has 1 rings (SSSR count). The first kappa shape index (κ1) is 15.6. The summed E-state index contributed by atoms with van der Waals surface area (Å²) in [4.78, 5) is 0. The third-order valence-electron chi connectivity index (χ3n) is 2.18. The summed E-state index contributed by atoms with van der Waals surface area (Å²) in [5, 5.41) is 0. The van der Waals surface area contributed by atoms with Crippen molar-refractivity contribution in [1.82, 2.24) is 0 Å². The van der Waals surface area contributed by atoms with Gasteiger partial charge in [-0.25, -0.2) is 0 Å². The van der Waals surface area contributed by atoms with Crippen molar-refractivity contribution in [1.29, 1.82) is 0 Å². The summed E-state index contributed by atoms with van der Waals surface area (Å²) >= 11 is 0. The predicted octanol–water partition coefficient (Wildman–Crippen LogP) is 3.45. The van der Waals surface area contributed by atoms with Crippen molar-refractivity contribution < 1.29 is 31.1 Å². The van der Waals surface area contributed by atoms with E-state index in [2.05, 4.69) is 0 Å². The maximum absolute atomic E-state index is 12.5. The molecule has 19 heavy (non-hydrogen) atoms. The van der Waals surface area contributed by atoms with Gasteiger partial charge in [0.15, 0.2) is 0 Å². The summed E-state index contributed by atoms with van der Waals surface area (Å²) in [6, 6.07) is 1.12. The minimum atomic E-state index is -4.87. The van der Waals surface area contributed by atoms with Crippen LogP contribution in [0.4, 0.5) is 26.3 Å². The molecule has 0 saturated carbocycles. The Balaban J connectivity index is 3.10. The molecule has 108 valence electrons. The van der Waals surface area contributed by atoms with E-state index in [4.69, 9.17) is 10.5 Å². The van der Waals surface area contributed by atoms with E-state index in [1.165, 1.54) is 0 Å². The van der Waals surface area contributed by atoms with Crippen molar-refractivity contribution in [3.05, 3.63) is 29.3 Å². The number of benzene rings is 1. The molecule has 0 amide bonds. The lowest BCUT2D eigenvalue weighted by Crippen LogP contribution is -2.12. The molecule has 0 atom stereocenters. The third kappa shape index (κ3) is 4.62. The second-order valence-corrected chi connectivity index (χ2v) is 3.73. The topological polar surface area (TPSA) is 35.2 Å². The van der Waals surface area contributed by atoms with Gasteiger partial charge in [-0.3, -0.25) is 0 Å². The van der Waals surface area contributed by atoms with Gasteiger partial charge in [0.2, 0.25) is 0 Å². The maximum Gasteiger partial charge on any atom is 0.416 e. The molecule has 8 heteroatoms. The van der Waals surface area contributed by atoms with Gasteiger partial charge < -0.3 is 10.5 Å². The molecule has 1 aromatic rings. The highest BCUT2D eigenvalue weighted by Crippen LogP contribution is 2.38. The number of alkyl halides is 6. The van der Waals surface area contributed by atoms with E-state index in [0.29, 0.717) is 18.6 Å². The van der Waals surface area contributed by atoms with Crippen LogP contribution in [-0.2, 0) is 12.4 Å². The summed E-state index contributed by atoms with van der Waals surface area (Å²) in [7, 11) is 0. The molecule has 1 aromatic carbocycles. The van der Waals surface area contributed by atoms with Gasteiger partial charge in [-0.05, 0) is 31.2 Å². The van der Waals surface area contributed by atoms with Crippen molar-refractivity contribution in [3.63, 3.8) is 0 Å². The molecule has 0 fully saturated rings. The Hall–Kier alpha value is -1.44. The first-order valence-electron chi connectivity index (χ1n) is 5.27. The zero-order valence-corrected chi connectivity index (χ0v) is 9.61. The van der Waals surface area contributed by atoms with Crippen LogP contribution in [0, 0.1) is 0 Å². The van der Waals surface area contributed by atoms with Gasteiger partial charge in [0, 0.05) is 0 Å². The minimum absolute atomic E-state index is 0.0465. The fourth-order valence-corrected chi connectivity index (χ4v) is 1.28. The Bertz CT molecular complexity index is 394. The first-order valence-corrected chi connectivity index (χ1v) is 5.27. The molecule has 2 N–H and O–H groups in total. The van der Waals surface area contributed by atoms with E-state index >= 15 is 0 Å². The molecule has 2 nitrogen and oxygen atoms in total. The Morgan fingerprint density at radius 2 is 1.37 bits per heavy atom. The van der Waals surface area contributed by atoms with Gasteiger partial charge in [0.05, 0.1) is 17.7 Å². The standard InChI is InChI=1S/C11H11F6NO/c12-10(13,14)7-4-8(11(15,16)17)6-9(5-7)19-3-1-2-18/h4-6H,1-3,18H2. The third-order valence-corrected chi connectivity index (χ3v) is 2.18. The fraction of sp³-hybridized carbons (Fsp3) is 0.455. The number of nitrogens with two attached hydrogens (primary N) is 1. The van der Waals surface area contributed by atoms with Gasteiger partial charge in [-0.15, -0.1) is 0 Å².